The maximum absolute atomic E-state index is 11.3. The first kappa shape index (κ1) is 14.5. The summed E-state index contributed by atoms with van der Waals surface area (Å²) in [6.07, 6.45) is 1.43. The molecule has 6 nitrogen and oxygen atoms in total. The van der Waals surface area contributed by atoms with Gasteiger partial charge in [-0.15, -0.1) is 0 Å². The zero-order chi connectivity index (χ0) is 15.2. The van der Waals surface area contributed by atoms with Crippen molar-refractivity contribution in [3.05, 3.63) is 59.4 Å². The van der Waals surface area contributed by atoms with Gasteiger partial charge in [-0.25, -0.2) is 4.79 Å². The molecule has 108 valence electrons. The van der Waals surface area contributed by atoms with Crippen molar-refractivity contribution < 1.29 is 19.1 Å². The number of aromatic nitrogens is 1. The molecular formula is C15H14N2O4. The first-order valence-electron chi connectivity index (χ1n) is 6.16. The number of methoxy groups -OCH3 is 1. The van der Waals surface area contributed by atoms with Gasteiger partial charge in [0, 0.05) is 11.8 Å². The van der Waals surface area contributed by atoms with Gasteiger partial charge in [0.2, 0.25) is 5.91 Å². The van der Waals surface area contributed by atoms with Gasteiger partial charge in [-0.05, 0) is 36.4 Å². The number of hydrogen-bond donors (Lipinski definition) is 1. The SMILES string of the molecule is COC(=O)c1ccc(COc2ccc(C(N)=O)cc2)nc1. The number of carbonyl (C=O) groups is 2. The molecule has 2 N–H and O–H groups in total. The lowest BCUT2D eigenvalue weighted by Crippen LogP contribution is -2.10. The Kier molecular flexibility index (Phi) is 4.50. The van der Waals surface area contributed by atoms with Crippen molar-refractivity contribution >= 4 is 11.9 Å². The molecule has 0 bridgehead atoms. The minimum Gasteiger partial charge on any atom is -0.487 e. The predicted molar refractivity (Wildman–Crippen MR) is 74.9 cm³/mol. The maximum atomic E-state index is 11.3. The third-order valence-corrected chi connectivity index (χ3v) is 2.77. The van der Waals surface area contributed by atoms with Gasteiger partial charge in [0.1, 0.15) is 12.4 Å². The molecule has 0 aliphatic heterocycles. The van der Waals surface area contributed by atoms with E-state index in [1.807, 2.05) is 0 Å². The Hall–Kier alpha value is -2.89. The highest BCUT2D eigenvalue weighted by molar-refractivity contribution is 5.92. The zero-order valence-corrected chi connectivity index (χ0v) is 11.4. The number of esters is 1. The molecule has 0 atom stereocenters. The first-order valence-corrected chi connectivity index (χ1v) is 6.16. The Balaban J connectivity index is 1.96. The van der Waals surface area contributed by atoms with E-state index in [0.717, 1.165) is 0 Å². The van der Waals surface area contributed by atoms with Gasteiger partial charge in [-0.3, -0.25) is 9.78 Å². The van der Waals surface area contributed by atoms with Crippen LogP contribution in [0, 0.1) is 0 Å². The van der Waals surface area contributed by atoms with Crippen molar-refractivity contribution in [2.75, 3.05) is 7.11 Å². The maximum Gasteiger partial charge on any atom is 0.339 e. The van der Waals surface area contributed by atoms with Crippen LogP contribution in [0.15, 0.2) is 42.6 Å². The van der Waals surface area contributed by atoms with Crippen molar-refractivity contribution in [2.24, 2.45) is 5.73 Å². The number of rotatable bonds is 5. The molecule has 0 unspecified atom stereocenters. The number of amides is 1. The van der Waals surface area contributed by atoms with Gasteiger partial charge in [-0.1, -0.05) is 0 Å². The highest BCUT2D eigenvalue weighted by atomic mass is 16.5. The third-order valence-electron chi connectivity index (χ3n) is 2.77. The summed E-state index contributed by atoms with van der Waals surface area (Å²) >= 11 is 0. The molecule has 2 aromatic rings. The number of primary amides is 1. The molecule has 0 aliphatic rings. The topological polar surface area (TPSA) is 91.5 Å². The average Bonchev–Trinajstić information content (AvgIpc) is 2.53. The summed E-state index contributed by atoms with van der Waals surface area (Å²) in [5.41, 5.74) is 6.62. The number of nitrogens with two attached hydrogens (primary N) is 1. The lowest BCUT2D eigenvalue weighted by atomic mass is 10.2. The molecule has 0 saturated heterocycles. The molecule has 0 radical (unpaired) electrons. The molecule has 21 heavy (non-hydrogen) atoms. The van der Waals surface area contributed by atoms with E-state index in [9.17, 15) is 9.59 Å². The second kappa shape index (κ2) is 6.51. The fraction of sp³-hybridized carbons (Fsp3) is 0.133. The fourth-order valence-corrected chi connectivity index (χ4v) is 1.62. The third kappa shape index (κ3) is 3.79. The van der Waals surface area contributed by atoms with Gasteiger partial charge >= 0.3 is 5.97 Å². The number of ether oxygens (including phenoxy) is 2. The van der Waals surface area contributed by atoms with Crippen molar-refractivity contribution in [3.8, 4) is 5.75 Å². The molecule has 1 aromatic carbocycles. The Morgan fingerprint density at radius 3 is 2.29 bits per heavy atom. The molecule has 0 saturated carbocycles. The van der Waals surface area contributed by atoms with Gasteiger partial charge in [0.05, 0.1) is 18.4 Å². The summed E-state index contributed by atoms with van der Waals surface area (Å²) in [6.45, 7) is 0.247. The van der Waals surface area contributed by atoms with Gasteiger partial charge in [0.15, 0.2) is 0 Å². The normalized spacial score (nSPS) is 9.95. The van der Waals surface area contributed by atoms with Crippen molar-refractivity contribution in [1.29, 1.82) is 0 Å². The molecular weight excluding hydrogens is 272 g/mol. The lowest BCUT2D eigenvalue weighted by molar-refractivity contribution is 0.0600. The second-order valence-corrected chi connectivity index (χ2v) is 4.21. The monoisotopic (exact) mass is 286 g/mol. The van der Waals surface area contributed by atoms with Crippen LogP contribution in [0.1, 0.15) is 26.4 Å². The van der Waals surface area contributed by atoms with Crippen LogP contribution in [0.5, 0.6) is 5.75 Å². The van der Waals surface area contributed by atoms with E-state index in [1.165, 1.54) is 13.3 Å². The Morgan fingerprint density at radius 1 is 1.10 bits per heavy atom. The molecule has 1 amide bonds. The number of nitrogens with zero attached hydrogens (tertiary/aromatic N) is 1. The number of hydrogen-bond acceptors (Lipinski definition) is 5. The van der Waals surface area contributed by atoms with E-state index in [-0.39, 0.29) is 6.61 Å². The molecule has 0 fully saturated rings. The van der Waals surface area contributed by atoms with E-state index in [1.54, 1.807) is 36.4 Å². The molecule has 6 heteroatoms. The van der Waals surface area contributed by atoms with Gasteiger partial charge in [-0.2, -0.15) is 0 Å². The van der Waals surface area contributed by atoms with E-state index < -0.39 is 11.9 Å². The highest BCUT2D eigenvalue weighted by Gasteiger charge is 2.06. The van der Waals surface area contributed by atoms with Gasteiger partial charge in [0.25, 0.3) is 0 Å². The number of pyridine rings is 1. The highest BCUT2D eigenvalue weighted by Crippen LogP contribution is 2.13. The summed E-state index contributed by atoms with van der Waals surface area (Å²) in [4.78, 5) is 26.3. The average molecular weight is 286 g/mol. The van der Waals surface area contributed by atoms with Crippen molar-refractivity contribution in [2.45, 2.75) is 6.61 Å². The predicted octanol–water partition coefficient (Wildman–Crippen LogP) is 1.55. The number of benzene rings is 1. The largest absolute Gasteiger partial charge is 0.487 e. The Bertz CT molecular complexity index is 636. The standard InChI is InChI=1S/C15H14N2O4/c1-20-15(19)11-2-5-12(17-8-11)9-21-13-6-3-10(4-7-13)14(16)18/h2-8H,9H2,1H3,(H2,16,18). The molecule has 0 spiro atoms. The summed E-state index contributed by atoms with van der Waals surface area (Å²) in [5.74, 6) is -0.322. The quantitative estimate of drug-likeness (QED) is 0.842. The van der Waals surface area contributed by atoms with Crippen LogP contribution in [0.2, 0.25) is 0 Å². The van der Waals surface area contributed by atoms with E-state index in [2.05, 4.69) is 9.72 Å². The van der Waals surface area contributed by atoms with Crippen LogP contribution in [0.3, 0.4) is 0 Å². The molecule has 1 aromatic heterocycles. The smallest absolute Gasteiger partial charge is 0.339 e. The van der Waals surface area contributed by atoms with E-state index >= 15 is 0 Å². The van der Waals surface area contributed by atoms with Crippen LogP contribution in [0.25, 0.3) is 0 Å². The van der Waals surface area contributed by atoms with Crippen LogP contribution in [-0.2, 0) is 11.3 Å². The molecule has 0 aliphatic carbocycles. The van der Waals surface area contributed by atoms with Gasteiger partial charge < -0.3 is 15.2 Å². The zero-order valence-electron chi connectivity index (χ0n) is 11.4. The van der Waals surface area contributed by atoms with E-state index in [4.69, 9.17) is 10.5 Å². The fourth-order valence-electron chi connectivity index (χ4n) is 1.62. The van der Waals surface area contributed by atoms with Crippen LogP contribution < -0.4 is 10.5 Å². The molecule has 2 rings (SSSR count). The Morgan fingerprint density at radius 2 is 1.76 bits per heavy atom. The summed E-state index contributed by atoms with van der Waals surface area (Å²) in [5, 5.41) is 0. The number of carbonyl (C=O) groups excluding carboxylic acids is 2. The summed E-state index contributed by atoms with van der Waals surface area (Å²) in [6, 6.07) is 9.79. The lowest BCUT2D eigenvalue weighted by Gasteiger charge is -2.06. The second-order valence-electron chi connectivity index (χ2n) is 4.21. The van der Waals surface area contributed by atoms with Crippen molar-refractivity contribution in [1.82, 2.24) is 4.98 Å². The van der Waals surface area contributed by atoms with Crippen LogP contribution in [0.4, 0.5) is 0 Å². The van der Waals surface area contributed by atoms with Crippen LogP contribution >= 0.6 is 0 Å². The summed E-state index contributed by atoms with van der Waals surface area (Å²) < 4.78 is 10.1. The van der Waals surface area contributed by atoms with Crippen molar-refractivity contribution in [3.63, 3.8) is 0 Å². The first-order chi connectivity index (χ1) is 10.1. The minimum atomic E-state index is -0.485. The summed E-state index contributed by atoms with van der Waals surface area (Å²) in [7, 11) is 1.31. The van der Waals surface area contributed by atoms with E-state index in [0.29, 0.717) is 22.6 Å². The Labute approximate surface area is 121 Å². The molecule has 1 heterocycles. The minimum absolute atomic E-state index is 0.247. The van der Waals surface area contributed by atoms with Crippen LogP contribution in [-0.4, -0.2) is 24.0 Å².